The lowest BCUT2D eigenvalue weighted by Gasteiger charge is -2.02. The topological polar surface area (TPSA) is 21.6 Å². The fraction of sp³-hybridized carbons (Fsp3) is 0.250. The SMILES string of the molecule is C=Cc1ccc(CC2=NCCO2)cc1. The molecule has 1 heterocycles. The molecular weight excluding hydrogens is 174 g/mol. The molecule has 2 rings (SSSR count). The van der Waals surface area contributed by atoms with Crippen LogP contribution in [0.25, 0.3) is 6.08 Å². The van der Waals surface area contributed by atoms with E-state index in [0.717, 1.165) is 31.0 Å². The first-order chi connectivity index (χ1) is 6.88. The standard InChI is InChI=1S/C12H13NO/c1-2-10-3-5-11(6-4-10)9-12-13-7-8-14-12/h2-6H,1,7-9H2. The van der Waals surface area contributed by atoms with Gasteiger partial charge in [0.15, 0.2) is 5.90 Å². The van der Waals surface area contributed by atoms with Gasteiger partial charge >= 0.3 is 0 Å². The van der Waals surface area contributed by atoms with Gasteiger partial charge in [-0.15, -0.1) is 0 Å². The monoisotopic (exact) mass is 187 g/mol. The molecule has 0 unspecified atom stereocenters. The average molecular weight is 187 g/mol. The summed E-state index contributed by atoms with van der Waals surface area (Å²) < 4.78 is 5.34. The maximum absolute atomic E-state index is 5.34. The molecule has 0 aliphatic carbocycles. The van der Waals surface area contributed by atoms with Crippen molar-refractivity contribution in [2.45, 2.75) is 6.42 Å². The van der Waals surface area contributed by atoms with Gasteiger partial charge < -0.3 is 4.74 Å². The summed E-state index contributed by atoms with van der Waals surface area (Å²) in [5.41, 5.74) is 2.37. The third kappa shape index (κ3) is 2.02. The molecule has 0 radical (unpaired) electrons. The highest BCUT2D eigenvalue weighted by Gasteiger charge is 2.07. The lowest BCUT2D eigenvalue weighted by Crippen LogP contribution is -2.02. The molecule has 0 amide bonds. The minimum Gasteiger partial charge on any atom is -0.479 e. The second-order valence-electron chi connectivity index (χ2n) is 3.25. The van der Waals surface area contributed by atoms with E-state index in [1.807, 2.05) is 6.08 Å². The van der Waals surface area contributed by atoms with Crippen LogP contribution in [-0.2, 0) is 11.2 Å². The molecule has 0 spiro atoms. The van der Waals surface area contributed by atoms with Crippen LogP contribution in [-0.4, -0.2) is 19.0 Å². The molecule has 0 fully saturated rings. The van der Waals surface area contributed by atoms with Crippen molar-refractivity contribution in [3.8, 4) is 0 Å². The van der Waals surface area contributed by atoms with Crippen molar-refractivity contribution in [3.63, 3.8) is 0 Å². The Morgan fingerprint density at radius 1 is 1.36 bits per heavy atom. The molecule has 1 aromatic carbocycles. The van der Waals surface area contributed by atoms with E-state index in [4.69, 9.17) is 4.74 Å². The molecule has 1 aliphatic heterocycles. The second-order valence-corrected chi connectivity index (χ2v) is 3.25. The predicted octanol–water partition coefficient (Wildman–Crippen LogP) is 2.30. The fourth-order valence-electron chi connectivity index (χ4n) is 1.43. The molecule has 0 bridgehead atoms. The first kappa shape index (κ1) is 9.00. The largest absolute Gasteiger partial charge is 0.479 e. The number of benzene rings is 1. The second kappa shape index (κ2) is 4.09. The molecule has 1 aromatic rings. The number of hydrogen-bond donors (Lipinski definition) is 0. The van der Waals surface area contributed by atoms with E-state index in [2.05, 4.69) is 35.8 Å². The van der Waals surface area contributed by atoms with Crippen LogP contribution in [0.4, 0.5) is 0 Å². The van der Waals surface area contributed by atoms with Gasteiger partial charge in [-0.2, -0.15) is 0 Å². The van der Waals surface area contributed by atoms with E-state index in [1.165, 1.54) is 5.56 Å². The van der Waals surface area contributed by atoms with E-state index in [9.17, 15) is 0 Å². The summed E-state index contributed by atoms with van der Waals surface area (Å²) in [7, 11) is 0. The molecule has 1 aliphatic rings. The maximum Gasteiger partial charge on any atom is 0.187 e. The highest BCUT2D eigenvalue weighted by atomic mass is 16.5. The zero-order chi connectivity index (χ0) is 9.80. The minimum absolute atomic E-state index is 0.736. The normalized spacial score (nSPS) is 14.7. The maximum atomic E-state index is 5.34. The van der Waals surface area contributed by atoms with Crippen LogP contribution < -0.4 is 0 Å². The highest BCUT2D eigenvalue weighted by Crippen LogP contribution is 2.08. The van der Waals surface area contributed by atoms with Crippen LogP contribution in [0.15, 0.2) is 35.8 Å². The molecule has 0 saturated heterocycles. The lowest BCUT2D eigenvalue weighted by molar-refractivity contribution is 0.341. The van der Waals surface area contributed by atoms with E-state index >= 15 is 0 Å². The van der Waals surface area contributed by atoms with Crippen LogP contribution in [0.3, 0.4) is 0 Å². The summed E-state index contributed by atoms with van der Waals surface area (Å²) in [6, 6.07) is 8.28. The van der Waals surface area contributed by atoms with Crippen molar-refractivity contribution in [1.29, 1.82) is 0 Å². The first-order valence-electron chi connectivity index (χ1n) is 4.76. The van der Waals surface area contributed by atoms with Crippen LogP contribution in [0.1, 0.15) is 11.1 Å². The highest BCUT2D eigenvalue weighted by molar-refractivity contribution is 5.79. The summed E-state index contributed by atoms with van der Waals surface area (Å²) in [5.74, 6) is 0.858. The zero-order valence-electron chi connectivity index (χ0n) is 8.07. The molecule has 2 nitrogen and oxygen atoms in total. The van der Waals surface area contributed by atoms with Crippen LogP contribution >= 0.6 is 0 Å². The van der Waals surface area contributed by atoms with Gasteiger partial charge in [0, 0.05) is 6.42 Å². The number of aliphatic imine (C=N–C) groups is 1. The molecule has 72 valence electrons. The quantitative estimate of drug-likeness (QED) is 0.711. The molecule has 0 aromatic heterocycles. The lowest BCUT2D eigenvalue weighted by atomic mass is 10.1. The van der Waals surface area contributed by atoms with Gasteiger partial charge in [-0.3, -0.25) is 4.99 Å². The number of nitrogens with zero attached hydrogens (tertiary/aromatic N) is 1. The van der Waals surface area contributed by atoms with Crippen LogP contribution in [0.2, 0.25) is 0 Å². The van der Waals surface area contributed by atoms with Gasteiger partial charge in [0.05, 0.1) is 6.54 Å². The van der Waals surface area contributed by atoms with Gasteiger partial charge in [0.2, 0.25) is 0 Å². The van der Waals surface area contributed by atoms with Crippen molar-refractivity contribution in [2.75, 3.05) is 13.2 Å². The Kier molecular flexibility index (Phi) is 2.63. The van der Waals surface area contributed by atoms with Gasteiger partial charge in [-0.05, 0) is 11.1 Å². The fourth-order valence-corrected chi connectivity index (χ4v) is 1.43. The van der Waals surface area contributed by atoms with Gasteiger partial charge in [-0.25, -0.2) is 0 Å². The van der Waals surface area contributed by atoms with Crippen LogP contribution in [0.5, 0.6) is 0 Å². The molecule has 2 heteroatoms. The van der Waals surface area contributed by atoms with E-state index in [0.29, 0.717) is 0 Å². The van der Waals surface area contributed by atoms with E-state index in [1.54, 1.807) is 0 Å². The summed E-state index contributed by atoms with van der Waals surface area (Å²) in [6.45, 7) is 5.26. The zero-order valence-corrected chi connectivity index (χ0v) is 8.07. The number of rotatable bonds is 3. The number of ether oxygens (including phenoxy) is 1. The average Bonchev–Trinajstić information content (AvgIpc) is 2.72. The van der Waals surface area contributed by atoms with Crippen molar-refractivity contribution in [1.82, 2.24) is 0 Å². The van der Waals surface area contributed by atoms with Gasteiger partial charge in [0.1, 0.15) is 6.61 Å². The third-order valence-corrected chi connectivity index (χ3v) is 2.22. The molecule has 0 saturated carbocycles. The molecule has 0 atom stereocenters. The smallest absolute Gasteiger partial charge is 0.187 e. The number of hydrogen-bond acceptors (Lipinski definition) is 2. The molecule has 0 N–H and O–H groups in total. The summed E-state index contributed by atoms with van der Waals surface area (Å²) in [5, 5.41) is 0. The molecule has 14 heavy (non-hydrogen) atoms. The Labute approximate surface area is 83.9 Å². The predicted molar refractivity (Wildman–Crippen MR) is 58.5 cm³/mol. The summed E-state index contributed by atoms with van der Waals surface area (Å²) in [6.07, 6.45) is 2.64. The van der Waals surface area contributed by atoms with Crippen LogP contribution in [0, 0.1) is 0 Å². The minimum atomic E-state index is 0.736. The van der Waals surface area contributed by atoms with Crippen molar-refractivity contribution in [2.24, 2.45) is 4.99 Å². The Bertz CT molecular complexity index is 351. The summed E-state index contributed by atoms with van der Waals surface area (Å²) >= 11 is 0. The summed E-state index contributed by atoms with van der Waals surface area (Å²) in [4.78, 5) is 4.25. The Morgan fingerprint density at radius 3 is 2.71 bits per heavy atom. The Hall–Kier alpha value is -1.57. The first-order valence-corrected chi connectivity index (χ1v) is 4.76. The van der Waals surface area contributed by atoms with Gasteiger partial charge in [-0.1, -0.05) is 36.9 Å². The van der Waals surface area contributed by atoms with Crippen molar-refractivity contribution >= 4 is 12.0 Å². The molecular formula is C12H13NO. The Balaban J connectivity index is 2.06. The Morgan fingerprint density at radius 2 is 2.14 bits per heavy atom. The van der Waals surface area contributed by atoms with Crippen molar-refractivity contribution < 1.29 is 4.74 Å². The van der Waals surface area contributed by atoms with E-state index in [-0.39, 0.29) is 0 Å². The van der Waals surface area contributed by atoms with Crippen molar-refractivity contribution in [3.05, 3.63) is 42.0 Å². The third-order valence-electron chi connectivity index (χ3n) is 2.22. The van der Waals surface area contributed by atoms with Gasteiger partial charge in [0.25, 0.3) is 0 Å². The van der Waals surface area contributed by atoms with E-state index < -0.39 is 0 Å².